The smallest absolute Gasteiger partial charge is 0.339 e. The second-order valence-electron chi connectivity index (χ2n) is 3.83. The van der Waals surface area contributed by atoms with E-state index in [9.17, 15) is 9.59 Å². The highest BCUT2D eigenvalue weighted by Crippen LogP contribution is 2.31. The van der Waals surface area contributed by atoms with Crippen LogP contribution in [-0.2, 0) is 7.05 Å². The first-order chi connectivity index (χ1) is 9.40. The predicted molar refractivity (Wildman–Crippen MR) is 76.7 cm³/mol. The van der Waals surface area contributed by atoms with E-state index in [1.54, 1.807) is 25.2 Å². The normalized spacial score (nSPS) is 10.5. The molecule has 2 rings (SSSR count). The third-order valence-electron chi connectivity index (χ3n) is 2.39. The van der Waals surface area contributed by atoms with Gasteiger partial charge >= 0.3 is 11.1 Å². The Kier molecular flexibility index (Phi) is 3.96. The van der Waals surface area contributed by atoms with E-state index in [0.717, 1.165) is 11.8 Å². The van der Waals surface area contributed by atoms with Crippen LogP contribution in [0, 0.1) is 5.41 Å². The van der Waals surface area contributed by atoms with Gasteiger partial charge in [0.2, 0.25) is 0 Å². The summed E-state index contributed by atoms with van der Waals surface area (Å²) >= 11 is 7.09. The second-order valence-corrected chi connectivity index (χ2v) is 5.24. The minimum Gasteiger partial charge on any atom is -0.384 e. The lowest BCUT2D eigenvalue weighted by Crippen LogP contribution is -2.33. The fourth-order valence-corrected chi connectivity index (χ4v) is 2.81. The van der Waals surface area contributed by atoms with Crippen LogP contribution in [0.15, 0.2) is 37.8 Å². The summed E-state index contributed by atoms with van der Waals surface area (Å²) in [6.45, 7) is 0. The molecule has 0 fully saturated rings. The predicted octanol–water partition coefficient (Wildman–Crippen LogP) is 0.557. The molecule has 7 nitrogen and oxygen atoms in total. The summed E-state index contributed by atoms with van der Waals surface area (Å²) < 4.78 is 1.32. The Balaban J connectivity index is 2.54. The topological polar surface area (TPSA) is 118 Å². The molecule has 9 heteroatoms. The van der Waals surface area contributed by atoms with Crippen molar-refractivity contribution in [1.82, 2.24) is 14.8 Å². The summed E-state index contributed by atoms with van der Waals surface area (Å²) in [6, 6.07) is 5.01. The summed E-state index contributed by atoms with van der Waals surface area (Å²) in [6.07, 6.45) is 0. The van der Waals surface area contributed by atoms with Crippen molar-refractivity contribution in [2.45, 2.75) is 10.1 Å². The van der Waals surface area contributed by atoms with Crippen LogP contribution < -0.4 is 16.9 Å². The van der Waals surface area contributed by atoms with Gasteiger partial charge in [-0.15, -0.1) is 0 Å². The number of nitrogen functional groups attached to an aromatic ring is 1. The molecule has 0 bridgehead atoms. The Bertz CT molecular complexity index is 798. The highest BCUT2D eigenvalue weighted by molar-refractivity contribution is 7.99. The Morgan fingerprint density at radius 2 is 2.20 bits per heavy atom. The number of amidine groups is 1. The number of aromatic nitrogens is 3. The van der Waals surface area contributed by atoms with E-state index < -0.39 is 11.1 Å². The number of hydrogen-bond donors (Lipinski definition) is 3. The number of benzene rings is 1. The molecule has 20 heavy (non-hydrogen) atoms. The van der Waals surface area contributed by atoms with E-state index in [1.165, 1.54) is 4.68 Å². The number of aryl methyl sites for hydroxylation is 1. The van der Waals surface area contributed by atoms with Crippen molar-refractivity contribution in [3.05, 3.63) is 49.5 Å². The van der Waals surface area contributed by atoms with Gasteiger partial charge in [-0.2, -0.15) is 4.98 Å². The lowest BCUT2D eigenvalue weighted by Gasteiger charge is -2.10. The molecule has 0 aliphatic rings. The van der Waals surface area contributed by atoms with Gasteiger partial charge in [0.15, 0.2) is 5.16 Å². The molecule has 0 atom stereocenters. The second kappa shape index (κ2) is 5.51. The molecule has 0 aliphatic carbocycles. The molecule has 4 N–H and O–H groups in total. The zero-order valence-corrected chi connectivity index (χ0v) is 11.9. The van der Waals surface area contributed by atoms with Gasteiger partial charge in [0, 0.05) is 17.5 Å². The average molecular weight is 312 g/mol. The number of nitrogens with one attached hydrogen (secondary N) is 2. The summed E-state index contributed by atoms with van der Waals surface area (Å²) in [5, 5.41) is 10.5. The first-order valence-electron chi connectivity index (χ1n) is 5.38. The number of aromatic amines is 1. The van der Waals surface area contributed by atoms with Gasteiger partial charge in [-0.25, -0.2) is 0 Å². The molecule has 0 aliphatic heterocycles. The van der Waals surface area contributed by atoms with Crippen molar-refractivity contribution in [2.75, 3.05) is 0 Å². The molecule has 0 spiro atoms. The zero-order chi connectivity index (χ0) is 14.9. The molecule has 0 amide bonds. The van der Waals surface area contributed by atoms with Crippen molar-refractivity contribution in [2.24, 2.45) is 12.8 Å². The van der Waals surface area contributed by atoms with Crippen LogP contribution in [-0.4, -0.2) is 20.6 Å². The third kappa shape index (κ3) is 2.75. The summed E-state index contributed by atoms with van der Waals surface area (Å²) in [4.78, 5) is 26.7. The maximum absolute atomic E-state index is 11.3. The summed E-state index contributed by atoms with van der Waals surface area (Å²) in [5.74, 6) is -0.187. The first kappa shape index (κ1) is 14.4. The van der Waals surface area contributed by atoms with E-state index in [2.05, 4.69) is 10.1 Å². The van der Waals surface area contributed by atoms with Crippen LogP contribution in [0.25, 0.3) is 0 Å². The van der Waals surface area contributed by atoms with Gasteiger partial charge in [-0.1, -0.05) is 17.7 Å². The van der Waals surface area contributed by atoms with E-state index in [-0.39, 0.29) is 11.0 Å². The van der Waals surface area contributed by atoms with E-state index >= 15 is 0 Å². The molecule has 0 saturated heterocycles. The van der Waals surface area contributed by atoms with Crippen LogP contribution in [0.1, 0.15) is 5.56 Å². The van der Waals surface area contributed by atoms with Crippen LogP contribution in [0.5, 0.6) is 0 Å². The highest BCUT2D eigenvalue weighted by Gasteiger charge is 2.14. The highest BCUT2D eigenvalue weighted by atomic mass is 35.5. The Morgan fingerprint density at radius 1 is 1.50 bits per heavy atom. The van der Waals surface area contributed by atoms with Crippen molar-refractivity contribution >= 4 is 29.2 Å². The number of halogens is 1. The fourth-order valence-electron chi connectivity index (χ4n) is 1.50. The summed E-state index contributed by atoms with van der Waals surface area (Å²) in [5.41, 5.74) is 4.19. The minimum absolute atomic E-state index is 0.187. The number of H-pyrrole nitrogens is 1. The Labute approximate surface area is 122 Å². The number of rotatable bonds is 3. The lowest BCUT2D eigenvalue weighted by molar-refractivity contribution is 0.596. The Morgan fingerprint density at radius 3 is 2.85 bits per heavy atom. The van der Waals surface area contributed by atoms with Crippen molar-refractivity contribution in [3.8, 4) is 0 Å². The maximum atomic E-state index is 11.3. The molecular formula is C11H10ClN5O2S. The van der Waals surface area contributed by atoms with Crippen LogP contribution in [0.3, 0.4) is 0 Å². The van der Waals surface area contributed by atoms with Gasteiger partial charge < -0.3 is 5.73 Å². The summed E-state index contributed by atoms with van der Waals surface area (Å²) in [7, 11) is 1.55. The minimum atomic E-state index is -0.878. The fraction of sp³-hybridized carbons (Fsp3) is 0.0909. The molecule has 2 aromatic rings. The van der Waals surface area contributed by atoms with Gasteiger partial charge in [0.1, 0.15) is 5.84 Å². The van der Waals surface area contributed by atoms with Crippen LogP contribution in [0.4, 0.5) is 0 Å². The molecule has 104 valence electrons. The average Bonchev–Trinajstić information content (AvgIpc) is 2.35. The van der Waals surface area contributed by atoms with E-state index in [4.69, 9.17) is 22.7 Å². The molecule has 0 radical (unpaired) electrons. The quantitative estimate of drug-likeness (QED) is 0.435. The van der Waals surface area contributed by atoms with Gasteiger partial charge in [-0.05, 0) is 23.9 Å². The molecule has 0 saturated carbocycles. The third-order valence-corrected chi connectivity index (χ3v) is 3.82. The maximum Gasteiger partial charge on any atom is 0.339 e. The first-order valence-corrected chi connectivity index (χ1v) is 6.57. The number of nitrogens with zero attached hydrogens (tertiary/aromatic N) is 2. The van der Waals surface area contributed by atoms with Gasteiger partial charge in [0.25, 0.3) is 0 Å². The standard InChI is InChI=1S/C11H10ClN5O2S/c1-17-11(15-9(18)10(19)16-17)20-6-4-2-3-5(12)7(6)8(13)14/h2-4H,1H3,(H3,13,14)(H,16,19). The van der Waals surface area contributed by atoms with Crippen molar-refractivity contribution in [1.29, 1.82) is 5.41 Å². The number of hydrogen-bond acceptors (Lipinski definition) is 5. The lowest BCUT2D eigenvalue weighted by atomic mass is 10.2. The molecule has 1 heterocycles. The zero-order valence-electron chi connectivity index (χ0n) is 10.3. The van der Waals surface area contributed by atoms with Crippen molar-refractivity contribution < 1.29 is 0 Å². The monoisotopic (exact) mass is 311 g/mol. The van der Waals surface area contributed by atoms with Gasteiger partial charge in [-0.3, -0.25) is 24.8 Å². The molecule has 1 aromatic carbocycles. The molecule has 0 unspecified atom stereocenters. The van der Waals surface area contributed by atoms with E-state index in [0.29, 0.717) is 15.5 Å². The van der Waals surface area contributed by atoms with E-state index in [1.807, 2.05) is 0 Å². The van der Waals surface area contributed by atoms with Crippen LogP contribution >= 0.6 is 23.4 Å². The van der Waals surface area contributed by atoms with Crippen molar-refractivity contribution in [3.63, 3.8) is 0 Å². The van der Waals surface area contributed by atoms with Crippen LogP contribution in [0.2, 0.25) is 5.02 Å². The largest absolute Gasteiger partial charge is 0.384 e. The SMILES string of the molecule is Cn1[nH]c(=O)c(=O)nc1Sc1cccc(Cl)c1C(=N)N. The molecular weight excluding hydrogens is 302 g/mol. The molecule has 1 aromatic heterocycles. The number of nitrogens with two attached hydrogens (primary N) is 1. The Hall–Kier alpha value is -2.06. The van der Waals surface area contributed by atoms with Gasteiger partial charge in [0.05, 0.1) is 5.02 Å².